The maximum atomic E-state index is 12.3. The van der Waals surface area contributed by atoms with Crippen LogP contribution in [-0.2, 0) is 16.1 Å². The molecule has 1 aliphatic rings. The summed E-state index contributed by atoms with van der Waals surface area (Å²) in [4.78, 5) is 38.1. The number of fused-ring (bicyclic) bond motifs is 1. The van der Waals surface area contributed by atoms with E-state index >= 15 is 0 Å². The van der Waals surface area contributed by atoms with E-state index in [4.69, 9.17) is 0 Å². The highest BCUT2D eigenvalue weighted by Gasteiger charge is 2.17. The molecule has 0 aliphatic carbocycles. The number of benzene rings is 1. The van der Waals surface area contributed by atoms with Crippen LogP contribution in [0.25, 0.3) is 10.8 Å². The smallest absolute Gasteiger partial charge is 0.258 e. The molecule has 2 amide bonds. The summed E-state index contributed by atoms with van der Waals surface area (Å²) in [5, 5.41) is 4.17. The zero-order chi connectivity index (χ0) is 16.9. The van der Waals surface area contributed by atoms with Crippen molar-refractivity contribution in [2.75, 3.05) is 19.6 Å². The number of hydrogen-bond donors (Lipinski definition) is 1. The van der Waals surface area contributed by atoms with Gasteiger partial charge >= 0.3 is 0 Å². The summed E-state index contributed by atoms with van der Waals surface area (Å²) < 4.78 is 1.39. The van der Waals surface area contributed by atoms with Crippen molar-refractivity contribution < 1.29 is 9.59 Å². The van der Waals surface area contributed by atoms with Crippen LogP contribution >= 0.6 is 0 Å². The fourth-order valence-electron chi connectivity index (χ4n) is 3.00. The molecule has 126 valence electrons. The second-order valence-electron chi connectivity index (χ2n) is 6.02. The summed E-state index contributed by atoms with van der Waals surface area (Å²) in [6.07, 6.45) is 4.05. The normalized spacial score (nSPS) is 14.1. The van der Waals surface area contributed by atoms with Crippen molar-refractivity contribution in [3.05, 3.63) is 46.9 Å². The quantitative estimate of drug-likeness (QED) is 0.895. The first-order valence-corrected chi connectivity index (χ1v) is 8.28. The first-order valence-electron chi connectivity index (χ1n) is 8.28. The van der Waals surface area contributed by atoms with Gasteiger partial charge in [0.05, 0.1) is 0 Å². The highest BCUT2D eigenvalue weighted by atomic mass is 16.2. The third-order valence-corrected chi connectivity index (χ3v) is 4.32. The average molecular weight is 327 g/mol. The Bertz CT molecular complexity index is 807. The minimum Gasteiger partial charge on any atom is -0.354 e. The van der Waals surface area contributed by atoms with Gasteiger partial charge < -0.3 is 14.8 Å². The van der Waals surface area contributed by atoms with E-state index in [0.29, 0.717) is 18.4 Å². The van der Waals surface area contributed by atoms with E-state index in [0.717, 1.165) is 31.3 Å². The van der Waals surface area contributed by atoms with E-state index < -0.39 is 0 Å². The second-order valence-corrected chi connectivity index (χ2v) is 6.02. The van der Waals surface area contributed by atoms with Gasteiger partial charge in [-0.15, -0.1) is 0 Å². The van der Waals surface area contributed by atoms with Crippen LogP contribution in [0, 0.1) is 0 Å². The van der Waals surface area contributed by atoms with Crippen molar-refractivity contribution in [3.8, 4) is 0 Å². The molecule has 1 aliphatic heterocycles. The Morgan fingerprint density at radius 2 is 1.83 bits per heavy atom. The lowest BCUT2D eigenvalue weighted by atomic mass is 10.2. The molecule has 1 N–H and O–H groups in total. The molecule has 0 atom stereocenters. The van der Waals surface area contributed by atoms with Crippen LogP contribution < -0.4 is 10.9 Å². The summed E-state index contributed by atoms with van der Waals surface area (Å²) in [5.41, 5.74) is -0.184. The van der Waals surface area contributed by atoms with Crippen molar-refractivity contribution in [1.82, 2.24) is 14.8 Å². The van der Waals surface area contributed by atoms with Crippen molar-refractivity contribution >= 4 is 22.6 Å². The second kappa shape index (κ2) is 7.29. The van der Waals surface area contributed by atoms with E-state index in [1.54, 1.807) is 18.3 Å². The lowest BCUT2D eigenvalue weighted by molar-refractivity contribution is -0.130. The number of rotatable bonds is 5. The van der Waals surface area contributed by atoms with Crippen molar-refractivity contribution in [2.24, 2.45) is 0 Å². The molecular formula is C18H21N3O3. The summed E-state index contributed by atoms with van der Waals surface area (Å²) in [6.45, 7) is 1.90. The number of nitrogens with one attached hydrogen (secondary N) is 1. The molecular weight excluding hydrogens is 306 g/mol. The lowest BCUT2D eigenvalue weighted by Crippen LogP contribution is -2.35. The van der Waals surface area contributed by atoms with Gasteiger partial charge in [-0.05, 0) is 30.4 Å². The summed E-state index contributed by atoms with van der Waals surface area (Å²) >= 11 is 0. The predicted molar refractivity (Wildman–Crippen MR) is 91.6 cm³/mol. The van der Waals surface area contributed by atoms with Crippen LogP contribution in [0.5, 0.6) is 0 Å². The molecule has 0 bridgehead atoms. The molecule has 2 aromatic rings. The van der Waals surface area contributed by atoms with Crippen molar-refractivity contribution in [3.63, 3.8) is 0 Å². The van der Waals surface area contributed by atoms with Gasteiger partial charge in [-0.25, -0.2) is 0 Å². The van der Waals surface area contributed by atoms with Gasteiger partial charge in [0.1, 0.15) is 6.54 Å². The van der Waals surface area contributed by atoms with E-state index in [1.807, 2.05) is 23.1 Å². The SMILES string of the molecule is O=C(Cn1ccc2ccccc2c1=O)NCCC(=O)N1CCCC1. The lowest BCUT2D eigenvalue weighted by Gasteiger charge is -2.15. The van der Waals surface area contributed by atoms with Crippen LogP contribution in [-0.4, -0.2) is 40.9 Å². The molecule has 0 unspecified atom stereocenters. The molecule has 24 heavy (non-hydrogen) atoms. The van der Waals surface area contributed by atoms with Crippen molar-refractivity contribution in [2.45, 2.75) is 25.8 Å². The largest absolute Gasteiger partial charge is 0.354 e. The Morgan fingerprint density at radius 3 is 2.62 bits per heavy atom. The van der Waals surface area contributed by atoms with Gasteiger partial charge in [-0.2, -0.15) is 0 Å². The Labute approximate surface area is 140 Å². The van der Waals surface area contributed by atoms with E-state index in [1.165, 1.54) is 4.57 Å². The topological polar surface area (TPSA) is 71.4 Å². The Morgan fingerprint density at radius 1 is 1.08 bits per heavy atom. The van der Waals surface area contributed by atoms with Crippen LogP contribution in [0.2, 0.25) is 0 Å². The summed E-state index contributed by atoms with van der Waals surface area (Å²) in [6, 6.07) is 9.11. The van der Waals surface area contributed by atoms with Gasteiger partial charge in [0.25, 0.3) is 5.56 Å². The monoisotopic (exact) mass is 327 g/mol. The standard InChI is InChI=1S/C18H21N3O3/c22-16(19-9-7-17(23)20-10-3-4-11-20)13-21-12-8-14-5-1-2-6-15(14)18(21)24/h1-2,5-6,8,12H,3-4,7,9-11,13H2,(H,19,22). The molecule has 2 heterocycles. The van der Waals surface area contributed by atoms with Crippen LogP contribution in [0.1, 0.15) is 19.3 Å². The number of nitrogens with zero attached hydrogens (tertiary/aromatic N) is 2. The zero-order valence-corrected chi connectivity index (χ0v) is 13.5. The molecule has 1 fully saturated rings. The first-order chi connectivity index (χ1) is 11.6. The van der Waals surface area contributed by atoms with Gasteiger partial charge in [-0.1, -0.05) is 18.2 Å². The summed E-state index contributed by atoms with van der Waals surface area (Å²) in [5.74, 6) is -0.183. The maximum absolute atomic E-state index is 12.3. The fraction of sp³-hybridized carbons (Fsp3) is 0.389. The minimum atomic E-state index is -0.262. The van der Waals surface area contributed by atoms with Crippen LogP contribution in [0.4, 0.5) is 0 Å². The first kappa shape index (κ1) is 16.2. The van der Waals surface area contributed by atoms with E-state index in [-0.39, 0.29) is 23.9 Å². The third kappa shape index (κ3) is 3.64. The molecule has 1 aromatic heterocycles. The number of hydrogen-bond acceptors (Lipinski definition) is 3. The molecule has 1 saturated heterocycles. The maximum Gasteiger partial charge on any atom is 0.258 e. The number of aromatic nitrogens is 1. The van der Waals surface area contributed by atoms with Gasteiger partial charge in [0.15, 0.2) is 0 Å². The van der Waals surface area contributed by atoms with Crippen LogP contribution in [0.15, 0.2) is 41.3 Å². The Hall–Kier alpha value is -2.63. The van der Waals surface area contributed by atoms with Gasteiger partial charge in [0.2, 0.25) is 11.8 Å². The van der Waals surface area contributed by atoms with Crippen LogP contribution in [0.3, 0.4) is 0 Å². The fourth-order valence-corrected chi connectivity index (χ4v) is 3.00. The Balaban J connectivity index is 1.54. The van der Waals surface area contributed by atoms with E-state index in [9.17, 15) is 14.4 Å². The molecule has 0 saturated carbocycles. The molecule has 0 radical (unpaired) electrons. The zero-order valence-electron chi connectivity index (χ0n) is 13.5. The van der Waals surface area contributed by atoms with Gasteiger partial charge in [0, 0.05) is 37.6 Å². The summed E-state index contributed by atoms with van der Waals surface area (Å²) in [7, 11) is 0. The number of carbonyl (C=O) groups is 2. The molecule has 1 aromatic carbocycles. The minimum absolute atomic E-state index is 0.0401. The van der Waals surface area contributed by atoms with E-state index in [2.05, 4.69) is 5.32 Å². The average Bonchev–Trinajstić information content (AvgIpc) is 3.12. The number of likely N-dealkylation sites (tertiary alicyclic amines) is 1. The highest BCUT2D eigenvalue weighted by molar-refractivity contribution is 5.82. The Kier molecular flexibility index (Phi) is 4.93. The van der Waals surface area contributed by atoms with Gasteiger partial charge in [-0.3, -0.25) is 14.4 Å². The van der Waals surface area contributed by atoms with Crippen molar-refractivity contribution in [1.29, 1.82) is 0 Å². The number of carbonyl (C=O) groups excluding carboxylic acids is 2. The predicted octanol–water partition coefficient (Wildman–Crippen LogP) is 1.13. The molecule has 0 spiro atoms. The highest BCUT2D eigenvalue weighted by Crippen LogP contribution is 2.09. The molecule has 3 rings (SSSR count). The number of amides is 2. The number of pyridine rings is 1. The molecule has 6 nitrogen and oxygen atoms in total. The third-order valence-electron chi connectivity index (χ3n) is 4.32. The molecule has 6 heteroatoms.